The lowest BCUT2D eigenvalue weighted by molar-refractivity contribution is 0.0694. The molecule has 1 aromatic rings. The Morgan fingerprint density at radius 2 is 2.17 bits per heavy atom. The van der Waals surface area contributed by atoms with E-state index in [2.05, 4.69) is 5.32 Å². The lowest BCUT2D eigenvalue weighted by atomic mass is 10.0. The van der Waals surface area contributed by atoms with Crippen LogP contribution in [0.5, 0.6) is 0 Å². The minimum atomic E-state index is -0.960. The van der Waals surface area contributed by atoms with Crippen LogP contribution in [0, 0.1) is 5.92 Å². The largest absolute Gasteiger partial charge is 0.478 e. The molecule has 1 aromatic carbocycles. The minimum absolute atomic E-state index is 0.212. The van der Waals surface area contributed by atoms with E-state index < -0.39 is 5.97 Å². The molecule has 0 unspecified atom stereocenters. The van der Waals surface area contributed by atoms with Crippen molar-refractivity contribution < 1.29 is 14.6 Å². The standard InChI is InChI=1S/C13H18N2O3/c14-11-7-10(13(16)17)1-2-12(11)15-8-9-3-5-18-6-4-9/h1-2,7,9,15H,3-6,8,14H2,(H,16,17). The van der Waals surface area contributed by atoms with Gasteiger partial charge in [-0.15, -0.1) is 0 Å². The maximum Gasteiger partial charge on any atom is 0.335 e. The van der Waals surface area contributed by atoms with Crippen molar-refractivity contribution in [1.82, 2.24) is 0 Å². The molecule has 18 heavy (non-hydrogen) atoms. The first-order valence-electron chi connectivity index (χ1n) is 6.11. The number of hydrogen-bond acceptors (Lipinski definition) is 4. The predicted octanol–water partition coefficient (Wildman–Crippen LogP) is 1.81. The fourth-order valence-electron chi connectivity index (χ4n) is 2.06. The van der Waals surface area contributed by atoms with Crippen molar-refractivity contribution in [3.63, 3.8) is 0 Å². The number of rotatable bonds is 4. The van der Waals surface area contributed by atoms with E-state index in [1.54, 1.807) is 12.1 Å². The molecular weight excluding hydrogens is 232 g/mol. The van der Waals surface area contributed by atoms with Crippen LogP contribution < -0.4 is 11.1 Å². The number of nitrogen functional groups attached to an aromatic ring is 1. The Labute approximate surface area is 106 Å². The Balaban J connectivity index is 1.94. The van der Waals surface area contributed by atoms with Crippen LogP contribution in [0.25, 0.3) is 0 Å². The Hall–Kier alpha value is -1.75. The Bertz CT molecular complexity index is 428. The number of benzene rings is 1. The molecule has 0 amide bonds. The summed E-state index contributed by atoms with van der Waals surface area (Å²) in [5, 5.41) is 12.1. The molecule has 98 valence electrons. The summed E-state index contributed by atoms with van der Waals surface area (Å²) in [7, 11) is 0. The number of carboxylic acids is 1. The zero-order chi connectivity index (χ0) is 13.0. The predicted molar refractivity (Wildman–Crippen MR) is 69.8 cm³/mol. The number of carboxylic acid groups (broad SMARTS) is 1. The average Bonchev–Trinajstić information content (AvgIpc) is 2.38. The van der Waals surface area contributed by atoms with Crippen LogP contribution in [0.1, 0.15) is 23.2 Å². The van der Waals surface area contributed by atoms with Gasteiger partial charge in [0.2, 0.25) is 0 Å². The van der Waals surface area contributed by atoms with Gasteiger partial charge in [-0.2, -0.15) is 0 Å². The van der Waals surface area contributed by atoms with E-state index in [-0.39, 0.29) is 5.56 Å². The average molecular weight is 250 g/mol. The summed E-state index contributed by atoms with van der Waals surface area (Å²) < 4.78 is 5.30. The van der Waals surface area contributed by atoms with E-state index >= 15 is 0 Å². The van der Waals surface area contributed by atoms with E-state index in [1.807, 2.05) is 0 Å². The highest BCUT2D eigenvalue weighted by atomic mass is 16.5. The minimum Gasteiger partial charge on any atom is -0.478 e. The molecule has 2 rings (SSSR count). The van der Waals surface area contributed by atoms with Gasteiger partial charge in [0.1, 0.15) is 0 Å². The Morgan fingerprint density at radius 3 is 2.78 bits per heavy atom. The van der Waals surface area contributed by atoms with E-state index in [0.29, 0.717) is 11.6 Å². The fraction of sp³-hybridized carbons (Fsp3) is 0.462. The summed E-state index contributed by atoms with van der Waals surface area (Å²) in [6, 6.07) is 4.76. The number of aromatic carboxylic acids is 1. The maximum absolute atomic E-state index is 10.8. The maximum atomic E-state index is 10.8. The van der Waals surface area contributed by atoms with Crippen molar-refractivity contribution in [2.45, 2.75) is 12.8 Å². The summed E-state index contributed by atoms with van der Waals surface area (Å²) in [4.78, 5) is 10.8. The van der Waals surface area contributed by atoms with Gasteiger partial charge in [-0.3, -0.25) is 0 Å². The van der Waals surface area contributed by atoms with Gasteiger partial charge in [0, 0.05) is 19.8 Å². The molecule has 1 saturated heterocycles. The van der Waals surface area contributed by atoms with Gasteiger partial charge >= 0.3 is 5.97 Å². The van der Waals surface area contributed by atoms with Crippen LogP contribution in [-0.4, -0.2) is 30.8 Å². The molecule has 0 saturated carbocycles. The molecule has 1 fully saturated rings. The first-order valence-corrected chi connectivity index (χ1v) is 6.11. The molecule has 0 atom stereocenters. The summed E-state index contributed by atoms with van der Waals surface area (Å²) in [6.07, 6.45) is 2.11. The van der Waals surface area contributed by atoms with Crippen molar-refractivity contribution in [2.24, 2.45) is 5.92 Å². The molecule has 4 N–H and O–H groups in total. The van der Waals surface area contributed by atoms with Gasteiger partial charge in [-0.05, 0) is 37.0 Å². The van der Waals surface area contributed by atoms with Crippen LogP contribution in [-0.2, 0) is 4.74 Å². The second-order valence-electron chi connectivity index (χ2n) is 4.54. The van der Waals surface area contributed by atoms with Gasteiger partial charge in [0.25, 0.3) is 0 Å². The molecular formula is C13H18N2O3. The van der Waals surface area contributed by atoms with Crippen molar-refractivity contribution >= 4 is 17.3 Å². The summed E-state index contributed by atoms with van der Waals surface area (Å²) in [5.41, 5.74) is 7.31. The first-order chi connectivity index (χ1) is 8.66. The number of hydrogen-bond donors (Lipinski definition) is 3. The van der Waals surface area contributed by atoms with Gasteiger partial charge in [0.05, 0.1) is 16.9 Å². The SMILES string of the molecule is Nc1cc(C(=O)O)ccc1NCC1CCOCC1. The van der Waals surface area contributed by atoms with Gasteiger partial charge in [0.15, 0.2) is 0 Å². The lowest BCUT2D eigenvalue weighted by Gasteiger charge is -2.23. The van der Waals surface area contributed by atoms with Crippen LogP contribution in [0.3, 0.4) is 0 Å². The highest BCUT2D eigenvalue weighted by Gasteiger charge is 2.14. The van der Waals surface area contributed by atoms with Crippen molar-refractivity contribution in [2.75, 3.05) is 30.8 Å². The highest BCUT2D eigenvalue weighted by molar-refractivity contribution is 5.90. The first kappa shape index (κ1) is 12.7. The number of carbonyl (C=O) groups is 1. The zero-order valence-corrected chi connectivity index (χ0v) is 10.2. The molecule has 5 heteroatoms. The summed E-state index contributed by atoms with van der Waals surface area (Å²) in [6.45, 7) is 2.49. The topological polar surface area (TPSA) is 84.6 Å². The van der Waals surface area contributed by atoms with Crippen molar-refractivity contribution in [3.8, 4) is 0 Å². The molecule has 1 heterocycles. The molecule has 5 nitrogen and oxygen atoms in total. The number of anilines is 2. The number of nitrogens with one attached hydrogen (secondary N) is 1. The van der Waals surface area contributed by atoms with Gasteiger partial charge in [-0.1, -0.05) is 0 Å². The third kappa shape index (κ3) is 3.13. The number of ether oxygens (including phenoxy) is 1. The van der Waals surface area contributed by atoms with Crippen LogP contribution in [0.15, 0.2) is 18.2 Å². The van der Waals surface area contributed by atoms with Crippen molar-refractivity contribution in [1.29, 1.82) is 0 Å². The smallest absolute Gasteiger partial charge is 0.335 e. The van der Waals surface area contributed by atoms with Crippen LogP contribution >= 0.6 is 0 Å². The van der Waals surface area contributed by atoms with Gasteiger partial charge in [-0.25, -0.2) is 4.79 Å². The molecule has 0 aliphatic carbocycles. The van der Waals surface area contributed by atoms with E-state index in [9.17, 15) is 4.79 Å². The van der Waals surface area contributed by atoms with Crippen molar-refractivity contribution in [3.05, 3.63) is 23.8 Å². The van der Waals surface area contributed by atoms with E-state index in [1.165, 1.54) is 6.07 Å². The number of nitrogens with two attached hydrogens (primary N) is 1. The Morgan fingerprint density at radius 1 is 1.44 bits per heavy atom. The fourth-order valence-corrected chi connectivity index (χ4v) is 2.06. The molecule has 1 aliphatic rings. The molecule has 0 aromatic heterocycles. The summed E-state index contributed by atoms with van der Waals surface area (Å²) in [5.74, 6) is -0.366. The summed E-state index contributed by atoms with van der Waals surface area (Å²) >= 11 is 0. The molecule has 0 radical (unpaired) electrons. The normalized spacial score (nSPS) is 16.4. The molecule has 1 aliphatic heterocycles. The lowest BCUT2D eigenvalue weighted by Crippen LogP contribution is -2.22. The third-order valence-corrected chi connectivity index (χ3v) is 3.22. The van der Waals surface area contributed by atoms with E-state index in [4.69, 9.17) is 15.6 Å². The highest BCUT2D eigenvalue weighted by Crippen LogP contribution is 2.22. The van der Waals surface area contributed by atoms with Crippen LogP contribution in [0.4, 0.5) is 11.4 Å². The quantitative estimate of drug-likeness (QED) is 0.710. The third-order valence-electron chi connectivity index (χ3n) is 3.22. The monoisotopic (exact) mass is 250 g/mol. The molecule has 0 spiro atoms. The van der Waals surface area contributed by atoms with E-state index in [0.717, 1.165) is 38.3 Å². The van der Waals surface area contributed by atoms with Gasteiger partial charge < -0.3 is 20.9 Å². The second-order valence-corrected chi connectivity index (χ2v) is 4.54. The Kier molecular flexibility index (Phi) is 4.04. The van der Waals surface area contributed by atoms with Crippen LogP contribution in [0.2, 0.25) is 0 Å². The molecule has 0 bridgehead atoms. The zero-order valence-electron chi connectivity index (χ0n) is 10.2. The second kappa shape index (κ2) is 5.73.